The molecule has 0 fully saturated rings. The second-order valence-electron chi connectivity index (χ2n) is 5.00. The number of fused-ring (bicyclic) bond motifs is 1. The van der Waals surface area contributed by atoms with Crippen LogP contribution in [0.25, 0.3) is 11.0 Å². The van der Waals surface area contributed by atoms with Crippen LogP contribution in [-0.2, 0) is 6.42 Å². The Morgan fingerprint density at radius 3 is 2.95 bits per heavy atom. The first-order chi connectivity index (χ1) is 9.15. The van der Waals surface area contributed by atoms with Gasteiger partial charge in [0.05, 0.1) is 11.0 Å². The molecule has 4 N–H and O–H groups in total. The Kier molecular flexibility index (Phi) is 4.39. The van der Waals surface area contributed by atoms with Crippen LogP contribution in [0.1, 0.15) is 19.7 Å². The number of aromatic amines is 1. The van der Waals surface area contributed by atoms with Crippen LogP contribution < -0.4 is 11.1 Å². The number of benzene rings is 1. The molecular formula is C14H21N5. The summed E-state index contributed by atoms with van der Waals surface area (Å²) in [5.74, 6) is 1.99. The van der Waals surface area contributed by atoms with Crippen molar-refractivity contribution in [2.75, 3.05) is 13.1 Å². The van der Waals surface area contributed by atoms with Crippen LogP contribution in [0.2, 0.25) is 0 Å². The summed E-state index contributed by atoms with van der Waals surface area (Å²) in [6.45, 7) is 5.72. The third-order valence-corrected chi connectivity index (χ3v) is 2.73. The average Bonchev–Trinajstić information content (AvgIpc) is 2.79. The van der Waals surface area contributed by atoms with E-state index in [1.165, 1.54) is 0 Å². The molecule has 0 saturated carbocycles. The number of H-pyrrole nitrogens is 1. The summed E-state index contributed by atoms with van der Waals surface area (Å²) in [5.41, 5.74) is 7.84. The number of aliphatic imine (C=N–C) groups is 1. The van der Waals surface area contributed by atoms with E-state index in [4.69, 9.17) is 5.73 Å². The number of hydrogen-bond donors (Lipinski definition) is 3. The van der Waals surface area contributed by atoms with Crippen LogP contribution in [0.15, 0.2) is 29.3 Å². The third-order valence-electron chi connectivity index (χ3n) is 2.73. The van der Waals surface area contributed by atoms with Crippen LogP contribution in [0.3, 0.4) is 0 Å². The van der Waals surface area contributed by atoms with E-state index in [1.807, 2.05) is 24.3 Å². The largest absolute Gasteiger partial charge is 0.370 e. The van der Waals surface area contributed by atoms with Gasteiger partial charge in [-0.15, -0.1) is 0 Å². The summed E-state index contributed by atoms with van der Waals surface area (Å²) in [7, 11) is 0. The first-order valence-electron chi connectivity index (χ1n) is 6.62. The van der Waals surface area contributed by atoms with Crippen LogP contribution in [0, 0.1) is 5.92 Å². The quantitative estimate of drug-likeness (QED) is 0.564. The van der Waals surface area contributed by atoms with Crippen molar-refractivity contribution < 1.29 is 0 Å². The number of nitrogens with two attached hydrogens (primary N) is 1. The monoisotopic (exact) mass is 259 g/mol. The van der Waals surface area contributed by atoms with Crippen LogP contribution in [0.5, 0.6) is 0 Å². The zero-order valence-corrected chi connectivity index (χ0v) is 11.5. The van der Waals surface area contributed by atoms with E-state index in [1.54, 1.807) is 0 Å². The van der Waals surface area contributed by atoms with Gasteiger partial charge in [0.15, 0.2) is 5.96 Å². The number of hydrogen-bond acceptors (Lipinski definition) is 2. The minimum atomic E-state index is 0.504. The maximum absolute atomic E-state index is 5.77. The summed E-state index contributed by atoms with van der Waals surface area (Å²) in [4.78, 5) is 12.0. The van der Waals surface area contributed by atoms with Gasteiger partial charge in [0.1, 0.15) is 5.82 Å². The number of rotatable bonds is 5. The molecule has 19 heavy (non-hydrogen) atoms. The van der Waals surface area contributed by atoms with E-state index in [0.29, 0.717) is 11.9 Å². The first kappa shape index (κ1) is 13.4. The molecule has 0 unspecified atom stereocenters. The lowest BCUT2D eigenvalue weighted by Gasteiger charge is -2.05. The van der Waals surface area contributed by atoms with E-state index in [0.717, 1.165) is 36.4 Å². The van der Waals surface area contributed by atoms with Gasteiger partial charge in [-0.05, 0) is 18.1 Å². The lowest BCUT2D eigenvalue weighted by Crippen LogP contribution is -2.33. The number of nitrogens with zero attached hydrogens (tertiary/aromatic N) is 2. The van der Waals surface area contributed by atoms with Crippen molar-refractivity contribution in [3.05, 3.63) is 30.1 Å². The highest BCUT2D eigenvalue weighted by atomic mass is 15.1. The molecule has 5 nitrogen and oxygen atoms in total. The van der Waals surface area contributed by atoms with Crippen molar-refractivity contribution in [2.45, 2.75) is 20.3 Å². The van der Waals surface area contributed by atoms with Crippen molar-refractivity contribution in [1.29, 1.82) is 0 Å². The van der Waals surface area contributed by atoms with Gasteiger partial charge in [0.2, 0.25) is 0 Å². The molecule has 0 spiro atoms. The Hall–Kier alpha value is -2.04. The molecular weight excluding hydrogens is 238 g/mol. The zero-order chi connectivity index (χ0) is 13.7. The fraction of sp³-hybridized carbons (Fsp3) is 0.429. The second-order valence-corrected chi connectivity index (χ2v) is 5.00. The average molecular weight is 259 g/mol. The smallest absolute Gasteiger partial charge is 0.188 e. The maximum atomic E-state index is 5.77. The standard InChI is InChI=1S/C14H21N5/c1-10(2)9-17-14(15)16-8-7-13-18-11-5-3-4-6-12(11)19-13/h3-6,10H,7-9H2,1-2H3,(H,18,19)(H3,15,16,17). The highest BCUT2D eigenvalue weighted by Gasteiger charge is 2.01. The molecule has 1 aromatic heterocycles. The van der Waals surface area contributed by atoms with Crippen LogP contribution >= 0.6 is 0 Å². The van der Waals surface area contributed by atoms with Gasteiger partial charge in [-0.25, -0.2) is 4.98 Å². The number of guanidine groups is 1. The Morgan fingerprint density at radius 1 is 1.42 bits per heavy atom. The maximum Gasteiger partial charge on any atom is 0.188 e. The molecule has 5 heteroatoms. The molecule has 0 amide bonds. The summed E-state index contributed by atoms with van der Waals surface area (Å²) in [5, 5.41) is 3.10. The summed E-state index contributed by atoms with van der Waals surface area (Å²) < 4.78 is 0. The van der Waals surface area contributed by atoms with Gasteiger partial charge in [0, 0.05) is 19.5 Å². The lowest BCUT2D eigenvalue weighted by atomic mass is 10.2. The molecule has 102 valence electrons. The minimum Gasteiger partial charge on any atom is -0.370 e. The van der Waals surface area contributed by atoms with Crippen molar-refractivity contribution in [3.63, 3.8) is 0 Å². The fourth-order valence-corrected chi connectivity index (χ4v) is 1.77. The molecule has 0 saturated heterocycles. The summed E-state index contributed by atoms with van der Waals surface area (Å²) >= 11 is 0. The molecule has 0 aliphatic heterocycles. The molecule has 1 heterocycles. The Balaban J connectivity index is 1.84. The Labute approximate surface area is 113 Å². The van der Waals surface area contributed by atoms with E-state index in [2.05, 4.69) is 34.1 Å². The predicted octanol–water partition coefficient (Wildman–Crippen LogP) is 1.67. The van der Waals surface area contributed by atoms with E-state index in [-0.39, 0.29) is 0 Å². The molecule has 0 atom stereocenters. The lowest BCUT2D eigenvalue weighted by molar-refractivity contribution is 0.661. The van der Waals surface area contributed by atoms with Crippen LogP contribution in [0.4, 0.5) is 0 Å². The van der Waals surface area contributed by atoms with Gasteiger partial charge in [0.25, 0.3) is 0 Å². The zero-order valence-electron chi connectivity index (χ0n) is 11.5. The normalized spacial score (nSPS) is 12.3. The van der Waals surface area contributed by atoms with E-state index >= 15 is 0 Å². The van der Waals surface area contributed by atoms with Crippen molar-refractivity contribution in [1.82, 2.24) is 15.3 Å². The highest BCUT2D eigenvalue weighted by molar-refractivity contribution is 5.77. The molecule has 0 bridgehead atoms. The van der Waals surface area contributed by atoms with Gasteiger partial charge in [-0.1, -0.05) is 26.0 Å². The molecule has 0 aliphatic rings. The first-order valence-corrected chi connectivity index (χ1v) is 6.62. The predicted molar refractivity (Wildman–Crippen MR) is 79.1 cm³/mol. The number of aromatic nitrogens is 2. The minimum absolute atomic E-state index is 0.504. The van der Waals surface area contributed by atoms with E-state index < -0.39 is 0 Å². The molecule has 0 aliphatic carbocycles. The SMILES string of the molecule is CC(C)CN=C(N)NCCc1nc2ccccc2[nH]1. The van der Waals surface area contributed by atoms with Gasteiger partial charge < -0.3 is 16.0 Å². The van der Waals surface area contributed by atoms with Crippen LogP contribution in [-0.4, -0.2) is 29.0 Å². The number of nitrogens with one attached hydrogen (secondary N) is 2. The molecule has 2 rings (SSSR count). The van der Waals surface area contributed by atoms with Gasteiger partial charge in [-0.3, -0.25) is 4.99 Å². The van der Waals surface area contributed by atoms with Gasteiger partial charge in [-0.2, -0.15) is 0 Å². The fourth-order valence-electron chi connectivity index (χ4n) is 1.77. The van der Waals surface area contributed by atoms with Crippen molar-refractivity contribution in [2.24, 2.45) is 16.6 Å². The molecule has 1 aromatic carbocycles. The molecule has 2 aromatic rings. The number of imidazole rings is 1. The summed E-state index contributed by atoms with van der Waals surface area (Å²) in [6.07, 6.45) is 0.798. The topological polar surface area (TPSA) is 79.1 Å². The van der Waals surface area contributed by atoms with Gasteiger partial charge >= 0.3 is 0 Å². The van der Waals surface area contributed by atoms with Crippen molar-refractivity contribution >= 4 is 17.0 Å². The Morgan fingerprint density at radius 2 is 2.21 bits per heavy atom. The van der Waals surface area contributed by atoms with E-state index in [9.17, 15) is 0 Å². The molecule has 0 radical (unpaired) electrons. The summed E-state index contributed by atoms with van der Waals surface area (Å²) in [6, 6.07) is 8.01. The second kappa shape index (κ2) is 6.22. The Bertz CT molecular complexity index is 523. The van der Waals surface area contributed by atoms with Crippen molar-refractivity contribution in [3.8, 4) is 0 Å². The number of para-hydroxylation sites is 2. The third kappa shape index (κ3) is 3.98. The highest BCUT2D eigenvalue weighted by Crippen LogP contribution is 2.10.